The van der Waals surface area contributed by atoms with Crippen molar-refractivity contribution in [3.05, 3.63) is 58.3 Å². The highest BCUT2D eigenvalue weighted by molar-refractivity contribution is 7.89. The van der Waals surface area contributed by atoms with Crippen LogP contribution in [0.2, 0.25) is 10.0 Å². The van der Waals surface area contributed by atoms with Crippen LogP contribution in [0.4, 0.5) is 0 Å². The molecule has 8 nitrogen and oxygen atoms in total. The summed E-state index contributed by atoms with van der Waals surface area (Å²) in [5.74, 6) is -0.306. The van der Waals surface area contributed by atoms with Gasteiger partial charge in [-0.2, -0.15) is 4.31 Å². The summed E-state index contributed by atoms with van der Waals surface area (Å²) in [4.78, 5) is 22.4. The molecule has 1 unspecified atom stereocenters. The minimum absolute atomic E-state index is 0.0179. The Hall–Kier alpha value is -2.20. The van der Waals surface area contributed by atoms with E-state index in [-0.39, 0.29) is 35.0 Å². The van der Waals surface area contributed by atoms with Crippen LogP contribution in [0.5, 0.6) is 0 Å². The second-order valence-corrected chi connectivity index (χ2v) is 10.7. The molecule has 0 saturated carbocycles. The van der Waals surface area contributed by atoms with E-state index in [1.54, 1.807) is 18.5 Å². The molecule has 2 aromatic rings. The molecule has 1 amide bonds. The number of pyridine rings is 1. The first-order valence-corrected chi connectivity index (χ1v) is 12.3. The zero-order valence-corrected chi connectivity index (χ0v) is 19.6. The second-order valence-electron chi connectivity index (χ2n) is 7.95. The van der Waals surface area contributed by atoms with Gasteiger partial charge >= 0.3 is 0 Å². The van der Waals surface area contributed by atoms with E-state index in [1.165, 1.54) is 16.4 Å². The van der Waals surface area contributed by atoms with Crippen molar-refractivity contribution < 1.29 is 18.0 Å². The molecule has 2 aliphatic heterocycles. The Balaban J connectivity index is 1.37. The fourth-order valence-corrected chi connectivity index (χ4v) is 6.03. The summed E-state index contributed by atoms with van der Waals surface area (Å²) < 4.78 is 27.4. The largest absolute Gasteiger partial charge is 0.388 e. The maximum Gasteiger partial charge on any atom is 0.269 e. The minimum Gasteiger partial charge on any atom is -0.388 e. The molecule has 0 aliphatic carbocycles. The molecule has 0 radical (unpaired) electrons. The molecule has 32 heavy (non-hydrogen) atoms. The molecular formula is C21H22Cl2N4O4S. The predicted octanol–water partition coefficient (Wildman–Crippen LogP) is 3.57. The van der Waals surface area contributed by atoms with Gasteiger partial charge in [0.1, 0.15) is 16.2 Å². The molecule has 1 saturated heterocycles. The summed E-state index contributed by atoms with van der Waals surface area (Å²) in [6.45, 7) is 2.31. The van der Waals surface area contributed by atoms with Crippen molar-refractivity contribution in [2.75, 3.05) is 13.1 Å². The van der Waals surface area contributed by atoms with Crippen molar-refractivity contribution >= 4 is 44.8 Å². The number of rotatable bonds is 5. The van der Waals surface area contributed by atoms with E-state index in [1.807, 2.05) is 19.1 Å². The van der Waals surface area contributed by atoms with Crippen molar-refractivity contribution in [1.29, 1.82) is 0 Å². The number of amides is 1. The Kier molecular flexibility index (Phi) is 6.44. The maximum absolute atomic E-state index is 13.0. The van der Waals surface area contributed by atoms with Gasteiger partial charge in [0.05, 0.1) is 11.1 Å². The number of piperidine rings is 1. The highest BCUT2D eigenvalue weighted by Crippen LogP contribution is 2.37. The molecule has 1 aromatic carbocycles. The number of carbonyl (C=O) groups excluding carboxylic acids is 1. The number of nitrogens with one attached hydrogen (secondary N) is 1. The van der Waals surface area contributed by atoms with Crippen LogP contribution in [0.25, 0.3) is 0 Å². The Labute approximate surface area is 196 Å². The molecule has 1 spiro atoms. The number of benzene rings is 1. The predicted molar refractivity (Wildman–Crippen MR) is 121 cm³/mol. The number of hydrogen-bond acceptors (Lipinski definition) is 6. The highest BCUT2D eigenvalue weighted by Gasteiger charge is 2.46. The van der Waals surface area contributed by atoms with Crippen molar-refractivity contribution in [1.82, 2.24) is 14.6 Å². The number of halogens is 2. The van der Waals surface area contributed by atoms with Gasteiger partial charge in [0.15, 0.2) is 0 Å². The Morgan fingerprint density at radius 3 is 2.69 bits per heavy atom. The average Bonchev–Trinajstić information content (AvgIpc) is 3.20. The lowest BCUT2D eigenvalue weighted by atomic mass is 9.87. The van der Waals surface area contributed by atoms with E-state index in [9.17, 15) is 13.2 Å². The third kappa shape index (κ3) is 4.61. The van der Waals surface area contributed by atoms with Gasteiger partial charge < -0.3 is 10.2 Å². The second kappa shape index (κ2) is 8.97. The number of aromatic nitrogens is 1. The first-order valence-electron chi connectivity index (χ1n) is 10.1. The van der Waals surface area contributed by atoms with Crippen LogP contribution < -0.4 is 5.32 Å². The van der Waals surface area contributed by atoms with Gasteiger partial charge in [-0.25, -0.2) is 8.42 Å². The molecule has 11 heteroatoms. The monoisotopic (exact) mass is 496 g/mol. The van der Waals surface area contributed by atoms with Gasteiger partial charge in [0.2, 0.25) is 10.0 Å². The van der Waals surface area contributed by atoms with Gasteiger partial charge in [-0.3, -0.25) is 9.78 Å². The van der Waals surface area contributed by atoms with Gasteiger partial charge in [-0.15, -0.1) is 0 Å². The van der Waals surface area contributed by atoms with Crippen LogP contribution in [-0.4, -0.2) is 48.0 Å². The van der Waals surface area contributed by atoms with Crippen LogP contribution in [0.3, 0.4) is 0 Å². The van der Waals surface area contributed by atoms with Crippen molar-refractivity contribution in [2.24, 2.45) is 5.16 Å². The van der Waals surface area contributed by atoms with Crippen LogP contribution in [-0.2, 0) is 19.7 Å². The van der Waals surface area contributed by atoms with Gasteiger partial charge in [0, 0.05) is 49.8 Å². The molecule has 4 rings (SSSR count). The smallest absolute Gasteiger partial charge is 0.269 e. The lowest BCUT2D eigenvalue weighted by Gasteiger charge is -2.36. The van der Waals surface area contributed by atoms with E-state index in [0.717, 1.165) is 5.56 Å². The van der Waals surface area contributed by atoms with E-state index >= 15 is 0 Å². The van der Waals surface area contributed by atoms with Crippen molar-refractivity contribution in [2.45, 2.75) is 42.7 Å². The lowest BCUT2D eigenvalue weighted by Crippen LogP contribution is -2.47. The highest BCUT2D eigenvalue weighted by atomic mass is 35.5. The fourth-order valence-electron chi connectivity index (χ4n) is 3.85. The SMILES string of the molecule is CC(NC(=O)C1=NOC2(CCN(S(=O)(=O)c3cc(Cl)ccc3Cl)CC2)C1)c1cccnc1. The number of nitrogens with zero attached hydrogens (tertiary/aromatic N) is 3. The molecule has 3 heterocycles. The summed E-state index contributed by atoms with van der Waals surface area (Å²) in [5, 5.41) is 7.33. The quantitative estimate of drug-likeness (QED) is 0.681. The van der Waals surface area contributed by atoms with Crippen LogP contribution >= 0.6 is 23.2 Å². The summed E-state index contributed by atoms with van der Waals surface area (Å²) >= 11 is 12.1. The van der Waals surface area contributed by atoms with E-state index < -0.39 is 15.6 Å². The summed E-state index contributed by atoms with van der Waals surface area (Å²) in [6, 6.07) is 7.82. The zero-order valence-electron chi connectivity index (χ0n) is 17.3. The topological polar surface area (TPSA) is 101 Å². The molecule has 1 N–H and O–H groups in total. The maximum atomic E-state index is 13.0. The Morgan fingerprint density at radius 1 is 1.25 bits per heavy atom. The number of oxime groups is 1. The van der Waals surface area contributed by atoms with Gasteiger partial charge in [-0.05, 0) is 36.8 Å². The summed E-state index contributed by atoms with van der Waals surface area (Å²) in [6.07, 6.45) is 4.50. The third-order valence-electron chi connectivity index (χ3n) is 5.78. The average molecular weight is 497 g/mol. The standard InChI is InChI=1S/C21H22Cl2N4O4S/c1-14(15-3-2-8-24-13-15)25-20(28)18-12-21(31-26-18)6-9-27(10-7-21)32(29,30)19-11-16(22)4-5-17(19)23/h2-5,8,11,13-14H,6-7,9-10,12H2,1H3,(H,25,28). The lowest BCUT2D eigenvalue weighted by molar-refractivity contribution is -0.115. The number of sulfonamides is 1. The molecule has 1 atom stereocenters. The third-order valence-corrected chi connectivity index (χ3v) is 8.39. The Morgan fingerprint density at radius 2 is 2.00 bits per heavy atom. The molecule has 1 fully saturated rings. The van der Waals surface area contributed by atoms with E-state index in [4.69, 9.17) is 28.0 Å². The van der Waals surface area contributed by atoms with Crippen LogP contribution in [0, 0.1) is 0 Å². The molecule has 2 aliphatic rings. The molecular weight excluding hydrogens is 475 g/mol. The van der Waals surface area contributed by atoms with Crippen molar-refractivity contribution in [3.8, 4) is 0 Å². The first kappa shape index (κ1) is 23.0. The number of hydrogen-bond donors (Lipinski definition) is 1. The normalized spacial score (nSPS) is 19.3. The molecule has 1 aromatic heterocycles. The zero-order chi connectivity index (χ0) is 22.9. The Bertz CT molecular complexity index is 1150. The fraction of sp³-hybridized carbons (Fsp3) is 0.381. The van der Waals surface area contributed by atoms with Crippen LogP contribution in [0.15, 0.2) is 52.8 Å². The summed E-state index contributed by atoms with van der Waals surface area (Å²) in [5.41, 5.74) is 0.497. The molecule has 170 valence electrons. The van der Waals surface area contributed by atoms with Gasteiger partial charge in [0.25, 0.3) is 5.91 Å². The first-order chi connectivity index (χ1) is 15.2. The number of carbonyl (C=O) groups is 1. The van der Waals surface area contributed by atoms with E-state index in [0.29, 0.717) is 30.0 Å². The van der Waals surface area contributed by atoms with Crippen molar-refractivity contribution in [3.63, 3.8) is 0 Å². The van der Waals surface area contributed by atoms with Crippen LogP contribution in [0.1, 0.15) is 37.8 Å². The van der Waals surface area contributed by atoms with E-state index in [2.05, 4.69) is 15.5 Å². The summed E-state index contributed by atoms with van der Waals surface area (Å²) in [7, 11) is -3.80. The van der Waals surface area contributed by atoms with Gasteiger partial charge in [-0.1, -0.05) is 34.4 Å². The molecule has 0 bridgehead atoms. The minimum atomic E-state index is -3.80.